The van der Waals surface area contributed by atoms with Crippen LogP contribution >= 0.6 is 11.8 Å². The molecule has 0 fully saturated rings. The van der Waals surface area contributed by atoms with Crippen molar-refractivity contribution in [2.24, 2.45) is 9.63 Å². The molecule has 1 atom stereocenters. The van der Waals surface area contributed by atoms with Crippen LogP contribution in [-0.4, -0.2) is 60.5 Å². The van der Waals surface area contributed by atoms with Gasteiger partial charge in [-0.25, -0.2) is 4.79 Å². The SMILES string of the molecule is CCCN1C=CCSC1S(=O)(=O)N=NC(=O)Nc1nc(OC)cc(OC)n1. The largest absolute Gasteiger partial charge is 0.481 e. The highest BCUT2D eigenvalue weighted by molar-refractivity contribution is 8.13. The molecule has 1 aliphatic rings. The lowest BCUT2D eigenvalue weighted by atomic mass is 10.4. The molecule has 0 saturated heterocycles. The molecule has 2 heterocycles. The summed E-state index contributed by atoms with van der Waals surface area (Å²) >= 11 is 1.19. The minimum Gasteiger partial charge on any atom is -0.481 e. The van der Waals surface area contributed by atoms with Crippen LogP contribution in [0.4, 0.5) is 10.7 Å². The number of carbonyl (C=O) groups excluding carboxylic acids is 1. The molecular formula is C14H20N6O5S2. The fraction of sp³-hybridized carbons (Fsp3) is 0.500. The van der Waals surface area contributed by atoms with Gasteiger partial charge in [-0.1, -0.05) is 22.6 Å². The molecule has 1 aromatic heterocycles. The van der Waals surface area contributed by atoms with Crippen LogP contribution < -0.4 is 14.8 Å². The molecule has 0 aromatic carbocycles. The van der Waals surface area contributed by atoms with Crippen LogP contribution in [0.15, 0.2) is 28.0 Å². The van der Waals surface area contributed by atoms with Gasteiger partial charge in [0.2, 0.25) is 22.4 Å². The molecule has 11 nitrogen and oxygen atoms in total. The second kappa shape index (κ2) is 9.50. The van der Waals surface area contributed by atoms with Gasteiger partial charge in [0.1, 0.15) is 0 Å². The summed E-state index contributed by atoms with van der Waals surface area (Å²) < 4.78 is 37.1. The summed E-state index contributed by atoms with van der Waals surface area (Å²) in [6.07, 6.45) is 4.35. The predicted molar refractivity (Wildman–Crippen MR) is 100 cm³/mol. The van der Waals surface area contributed by atoms with Crippen molar-refractivity contribution in [3.05, 3.63) is 18.3 Å². The van der Waals surface area contributed by atoms with Gasteiger partial charge in [-0.05, 0) is 12.6 Å². The van der Waals surface area contributed by atoms with Gasteiger partial charge in [0.15, 0.2) is 0 Å². The summed E-state index contributed by atoms with van der Waals surface area (Å²) in [6, 6.07) is 0.380. The maximum absolute atomic E-state index is 12.4. The van der Waals surface area contributed by atoms with Gasteiger partial charge < -0.3 is 14.4 Å². The number of rotatable bonds is 7. The lowest BCUT2D eigenvalue weighted by Gasteiger charge is -2.29. The summed E-state index contributed by atoms with van der Waals surface area (Å²) in [5.41, 5.74) is 0. The zero-order valence-corrected chi connectivity index (χ0v) is 16.7. The van der Waals surface area contributed by atoms with Crippen LogP contribution in [0.5, 0.6) is 11.8 Å². The Kier molecular flexibility index (Phi) is 7.36. The normalized spacial score (nSPS) is 17.1. The van der Waals surface area contributed by atoms with E-state index in [0.717, 1.165) is 6.42 Å². The fourth-order valence-electron chi connectivity index (χ4n) is 2.10. The molecule has 1 aromatic rings. The summed E-state index contributed by atoms with van der Waals surface area (Å²) in [5, 5.41) is 5.46. The first kappa shape index (κ1) is 20.9. The summed E-state index contributed by atoms with van der Waals surface area (Å²) in [6.45, 7) is 2.49. The standard InChI is InChI=1S/C14H20N6O5S2/c1-4-6-20-7-5-8-26-14(20)27(22,23)19-18-13(21)17-12-15-10(24-2)9-11(16-12)25-3/h5,7,9,14H,4,6,8H2,1-3H3,(H,15,16,17,21). The molecule has 1 unspecified atom stereocenters. The highest BCUT2D eigenvalue weighted by atomic mass is 32.3. The monoisotopic (exact) mass is 416 g/mol. The van der Waals surface area contributed by atoms with Crippen molar-refractivity contribution in [1.29, 1.82) is 0 Å². The van der Waals surface area contributed by atoms with E-state index in [9.17, 15) is 13.2 Å². The predicted octanol–water partition coefficient (Wildman–Crippen LogP) is 2.06. The van der Waals surface area contributed by atoms with E-state index in [2.05, 4.69) is 24.9 Å². The molecule has 0 bridgehead atoms. The van der Waals surface area contributed by atoms with Crippen molar-refractivity contribution in [3.8, 4) is 11.8 Å². The van der Waals surface area contributed by atoms with Crippen LogP contribution in [-0.2, 0) is 10.0 Å². The summed E-state index contributed by atoms with van der Waals surface area (Å²) in [7, 11) is -1.25. The molecule has 0 spiro atoms. The van der Waals surface area contributed by atoms with Crippen molar-refractivity contribution in [1.82, 2.24) is 14.9 Å². The van der Waals surface area contributed by atoms with Gasteiger partial charge in [0.25, 0.3) is 0 Å². The van der Waals surface area contributed by atoms with E-state index in [-0.39, 0.29) is 17.7 Å². The second-order valence-electron chi connectivity index (χ2n) is 5.17. The van der Waals surface area contributed by atoms with E-state index in [1.54, 1.807) is 11.1 Å². The minimum atomic E-state index is -4.02. The Bertz CT molecular complexity index is 807. The van der Waals surface area contributed by atoms with Crippen LogP contribution in [0.2, 0.25) is 0 Å². The number of amides is 2. The number of carbonyl (C=O) groups is 1. The number of hydrogen-bond acceptors (Lipinski definition) is 9. The molecular weight excluding hydrogens is 396 g/mol. The average molecular weight is 416 g/mol. The van der Waals surface area contributed by atoms with Crippen molar-refractivity contribution in [2.75, 3.05) is 31.8 Å². The lowest BCUT2D eigenvalue weighted by Crippen LogP contribution is -2.36. The highest BCUT2D eigenvalue weighted by Gasteiger charge is 2.32. The van der Waals surface area contributed by atoms with Crippen molar-refractivity contribution in [3.63, 3.8) is 0 Å². The number of hydrogen-bond donors (Lipinski definition) is 1. The maximum atomic E-state index is 12.4. The van der Waals surface area contributed by atoms with E-state index in [1.807, 2.05) is 13.0 Å². The third kappa shape index (κ3) is 5.79. The Hall–Kier alpha value is -2.41. The van der Waals surface area contributed by atoms with Gasteiger partial charge >= 0.3 is 16.1 Å². The number of anilines is 1. The van der Waals surface area contributed by atoms with Crippen LogP contribution in [0.3, 0.4) is 0 Å². The van der Waals surface area contributed by atoms with E-state index < -0.39 is 20.8 Å². The van der Waals surface area contributed by atoms with Crippen molar-refractivity contribution >= 4 is 33.8 Å². The molecule has 27 heavy (non-hydrogen) atoms. The van der Waals surface area contributed by atoms with E-state index >= 15 is 0 Å². The van der Waals surface area contributed by atoms with Crippen molar-refractivity contribution in [2.45, 2.75) is 18.1 Å². The second-order valence-corrected chi connectivity index (χ2v) is 8.22. The fourth-order valence-corrected chi connectivity index (χ4v) is 4.66. The molecule has 1 N–H and O–H groups in total. The van der Waals surface area contributed by atoms with Crippen LogP contribution in [0.1, 0.15) is 13.3 Å². The van der Waals surface area contributed by atoms with E-state index in [0.29, 0.717) is 12.3 Å². The first-order chi connectivity index (χ1) is 12.9. The van der Waals surface area contributed by atoms with Gasteiger partial charge in [0, 0.05) is 12.3 Å². The first-order valence-corrected chi connectivity index (χ1v) is 10.4. The number of ether oxygens (including phenoxy) is 2. The molecule has 1 aliphatic heterocycles. The number of thioether (sulfide) groups is 1. The Morgan fingerprint density at radius 3 is 2.63 bits per heavy atom. The molecule has 148 valence electrons. The number of aromatic nitrogens is 2. The van der Waals surface area contributed by atoms with Crippen LogP contribution in [0.25, 0.3) is 0 Å². The molecule has 2 rings (SSSR count). The highest BCUT2D eigenvalue weighted by Crippen LogP contribution is 2.27. The minimum absolute atomic E-state index is 0.155. The van der Waals surface area contributed by atoms with Crippen LogP contribution in [0, 0.1) is 0 Å². The number of urea groups is 1. The molecule has 2 amide bonds. The maximum Gasteiger partial charge on any atom is 0.367 e. The lowest BCUT2D eigenvalue weighted by molar-refractivity contribution is 0.258. The summed E-state index contributed by atoms with van der Waals surface area (Å²) in [5.74, 6) is 0.684. The van der Waals surface area contributed by atoms with Gasteiger partial charge in [-0.15, -0.1) is 11.8 Å². The zero-order chi connectivity index (χ0) is 19.9. The number of methoxy groups -OCH3 is 2. The Morgan fingerprint density at radius 2 is 2.04 bits per heavy atom. The molecule has 0 radical (unpaired) electrons. The Labute approximate surface area is 161 Å². The quantitative estimate of drug-likeness (QED) is 0.662. The number of nitrogens with one attached hydrogen (secondary N) is 1. The Balaban J connectivity index is 2.10. The van der Waals surface area contributed by atoms with Gasteiger partial charge in [-0.3, -0.25) is 5.32 Å². The smallest absolute Gasteiger partial charge is 0.367 e. The molecule has 0 aliphatic carbocycles. The first-order valence-electron chi connectivity index (χ1n) is 7.88. The van der Waals surface area contributed by atoms with E-state index in [4.69, 9.17) is 9.47 Å². The zero-order valence-electron chi connectivity index (χ0n) is 15.0. The topological polar surface area (TPSA) is 135 Å². The van der Waals surface area contributed by atoms with E-state index in [1.165, 1.54) is 32.0 Å². The Morgan fingerprint density at radius 1 is 1.37 bits per heavy atom. The average Bonchev–Trinajstić information content (AvgIpc) is 2.66. The van der Waals surface area contributed by atoms with Gasteiger partial charge in [-0.2, -0.15) is 18.4 Å². The van der Waals surface area contributed by atoms with Gasteiger partial charge in [0.05, 0.1) is 20.3 Å². The molecule has 13 heteroatoms. The molecule has 0 saturated carbocycles. The summed E-state index contributed by atoms with van der Waals surface area (Å²) in [4.78, 5) is 21.4. The third-order valence-corrected chi connectivity index (χ3v) is 6.37. The van der Waals surface area contributed by atoms with Crippen molar-refractivity contribution < 1.29 is 22.7 Å². The number of nitrogens with zero attached hydrogens (tertiary/aromatic N) is 5. The third-order valence-electron chi connectivity index (χ3n) is 3.20. The number of sulfonamides is 1.